The van der Waals surface area contributed by atoms with Gasteiger partial charge in [-0.1, -0.05) is 6.92 Å². The minimum Gasteiger partial charge on any atom is -0.381 e. The van der Waals surface area contributed by atoms with Crippen LogP contribution in [0.2, 0.25) is 0 Å². The smallest absolute Gasteiger partial charge is 0.381 e. The van der Waals surface area contributed by atoms with Crippen molar-refractivity contribution < 1.29 is 17.9 Å². The molecule has 0 amide bonds. The molecule has 1 aliphatic rings. The van der Waals surface area contributed by atoms with E-state index >= 15 is 0 Å². The molecule has 2 unspecified atom stereocenters. The molecule has 1 saturated heterocycles. The molecule has 96 valence electrons. The van der Waals surface area contributed by atoms with Crippen LogP contribution in [0.3, 0.4) is 0 Å². The highest BCUT2D eigenvalue weighted by Crippen LogP contribution is 2.30. The van der Waals surface area contributed by atoms with Crippen LogP contribution >= 0.6 is 11.5 Å². The first-order valence-corrected chi connectivity index (χ1v) is 5.99. The second kappa shape index (κ2) is 4.77. The van der Waals surface area contributed by atoms with Crippen LogP contribution in [-0.2, 0) is 10.9 Å². The van der Waals surface area contributed by atoms with E-state index in [9.17, 15) is 13.2 Å². The molecule has 0 aliphatic carbocycles. The van der Waals surface area contributed by atoms with Gasteiger partial charge in [0.2, 0.25) is 11.0 Å². The van der Waals surface area contributed by atoms with E-state index in [-0.39, 0.29) is 17.1 Å². The van der Waals surface area contributed by atoms with E-state index in [1.54, 1.807) is 0 Å². The topological polar surface area (TPSA) is 47.0 Å². The normalized spacial score (nSPS) is 25.9. The van der Waals surface area contributed by atoms with Gasteiger partial charge in [-0.3, -0.25) is 0 Å². The Morgan fingerprint density at radius 1 is 1.47 bits per heavy atom. The molecule has 0 bridgehead atoms. The average Bonchev–Trinajstić information content (AvgIpc) is 2.69. The van der Waals surface area contributed by atoms with Crippen molar-refractivity contribution in [3.8, 4) is 0 Å². The predicted octanol–water partition coefficient (Wildman–Crippen LogP) is 2.39. The standard InChI is InChI=1S/C9H12F3N3OS/c1-5-4-16-3-2-6(5)13-8-14-7(15-17-8)9(10,11)12/h5-6H,2-4H2,1H3,(H,13,14,15). The number of anilines is 1. The summed E-state index contributed by atoms with van der Waals surface area (Å²) in [5.41, 5.74) is 0. The van der Waals surface area contributed by atoms with Crippen LogP contribution in [0.25, 0.3) is 0 Å². The molecule has 2 rings (SSSR count). The zero-order valence-electron chi connectivity index (χ0n) is 9.12. The lowest BCUT2D eigenvalue weighted by atomic mass is 9.98. The zero-order chi connectivity index (χ0) is 12.5. The van der Waals surface area contributed by atoms with Gasteiger partial charge >= 0.3 is 6.18 Å². The quantitative estimate of drug-likeness (QED) is 0.893. The van der Waals surface area contributed by atoms with Gasteiger partial charge in [-0.25, -0.2) is 0 Å². The zero-order valence-corrected chi connectivity index (χ0v) is 9.94. The summed E-state index contributed by atoms with van der Waals surface area (Å²) in [5, 5.41) is 3.21. The number of hydrogen-bond donors (Lipinski definition) is 1. The van der Waals surface area contributed by atoms with Crippen molar-refractivity contribution >= 4 is 16.7 Å². The fourth-order valence-electron chi connectivity index (χ4n) is 1.65. The number of nitrogens with one attached hydrogen (secondary N) is 1. The Kier molecular flexibility index (Phi) is 3.53. The number of alkyl halides is 3. The lowest BCUT2D eigenvalue weighted by Crippen LogP contribution is -2.35. The van der Waals surface area contributed by atoms with Crippen LogP contribution < -0.4 is 5.32 Å². The Labute approximate surface area is 100 Å². The fourth-order valence-corrected chi connectivity index (χ4v) is 2.30. The molecular formula is C9H12F3N3OS. The maximum atomic E-state index is 12.3. The first-order chi connectivity index (χ1) is 7.97. The Morgan fingerprint density at radius 2 is 2.24 bits per heavy atom. The third-order valence-electron chi connectivity index (χ3n) is 2.63. The molecule has 0 radical (unpaired) electrons. The summed E-state index contributed by atoms with van der Waals surface area (Å²) in [6.45, 7) is 3.22. The molecule has 8 heteroatoms. The summed E-state index contributed by atoms with van der Waals surface area (Å²) in [6.07, 6.45) is -3.71. The Hall–Kier alpha value is -0.890. The highest BCUT2D eigenvalue weighted by atomic mass is 32.1. The van der Waals surface area contributed by atoms with Gasteiger partial charge in [0, 0.05) is 24.2 Å². The lowest BCUT2D eigenvalue weighted by molar-refractivity contribution is -0.144. The van der Waals surface area contributed by atoms with Gasteiger partial charge in [0.1, 0.15) is 0 Å². The molecule has 0 saturated carbocycles. The van der Waals surface area contributed by atoms with Crippen LogP contribution in [0.15, 0.2) is 0 Å². The lowest BCUT2D eigenvalue weighted by Gasteiger charge is -2.29. The third kappa shape index (κ3) is 3.06. The summed E-state index contributed by atoms with van der Waals surface area (Å²) < 4.78 is 45.4. The molecule has 17 heavy (non-hydrogen) atoms. The Bertz CT molecular complexity index is 382. The highest BCUT2D eigenvalue weighted by Gasteiger charge is 2.36. The Balaban J connectivity index is 2.01. The van der Waals surface area contributed by atoms with Gasteiger partial charge < -0.3 is 10.1 Å². The SMILES string of the molecule is CC1COCCC1Nc1nc(C(F)(F)F)ns1. The molecule has 1 aliphatic heterocycles. The van der Waals surface area contributed by atoms with Crippen LogP contribution in [-0.4, -0.2) is 28.6 Å². The Morgan fingerprint density at radius 3 is 2.82 bits per heavy atom. The summed E-state index contributed by atoms with van der Waals surface area (Å²) in [7, 11) is 0. The van der Waals surface area contributed by atoms with Crippen molar-refractivity contribution in [3.63, 3.8) is 0 Å². The van der Waals surface area contributed by atoms with Gasteiger partial charge in [0.25, 0.3) is 0 Å². The van der Waals surface area contributed by atoms with Crippen molar-refractivity contribution in [3.05, 3.63) is 5.82 Å². The number of nitrogens with zero attached hydrogens (tertiary/aromatic N) is 2. The van der Waals surface area contributed by atoms with E-state index < -0.39 is 12.0 Å². The summed E-state index contributed by atoms with van der Waals surface area (Å²) >= 11 is 0.739. The highest BCUT2D eigenvalue weighted by molar-refractivity contribution is 7.09. The monoisotopic (exact) mass is 267 g/mol. The number of ether oxygens (including phenoxy) is 1. The molecule has 1 aromatic heterocycles. The van der Waals surface area contributed by atoms with E-state index in [1.807, 2.05) is 6.92 Å². The van der Waals surface area contributed by atoms with Gasteiger partial charge in [0.15, 0.2) is 0 Å². The molecule has 4 nitrogen and oxygen atoms in total. The van der Waals surface area contributed by atoms with Gasteiger partial charge in [-0.15, -0.1) is 0 Å². The molecule has 1 aromatic rings. The molecule has 0 spiro atoms. The third-order valence-corrected chi connectivity index (χ3v) is 3.28. The van der Waals surface area contributed by atoms with Crippen LogP contribution in [0.1, 0.15) is 19.2 Å². The van der Waals surface area contributed by atoms with E-state index in [0.29, 0.717) is 13.2 Å². The molecule has 2 atom stereocenters. The van der Waals surface area contributed by atoms with Crippen LogP contribution in [0, 0.1) is 5.92 Å². The molecule has 1 fully saturated rings. The number of halogens is 3. The van der Waals surface area contributed by atoms with Crippen LogP contribution in [0.5, 0.6) is 0 Å². The first kappa shape index (κ1) is 12.6. The largest absolute Gasteiger partial charge is 0.452 e. The van der Waals surface area contributed by atoms with Gasteiger partial charge in [0.05, 0.1) is 6.61 Å². The van der Waals surface area contributed by atoms with Crippen molar-refractivity contribution in [2.45, 2.75) is 25.6 Å². The average molecular weight is 267 g/mol. The second-order valence-corrected chi connectivity index (χ2v) is 4.76. The predicted molar refractivity (Wildman–Crippen MR) is 56.9 cm³/mol. The van der Waals surface area contributed by atoms with Crippen molar-refractivity contribution in [2.24, 2.45) is 5.92 Å². The summed E-state index contributed by atoms with van der Waals surface area (Å²) in [6, 6.07) is 0.0952. The molecule has 2 heterocycles. The maximum Gasteiger partial charge on any atom is 0.452 e. The number of hydrogen-bond acceptors (Lipinski definition) is 5. The van der Waals surface area contributed by atoms with E-state index in [0.717, 1.165) is 18.0 Å². The fraction of sp³-hybridized carbons (Fsp3) is 0.778. The summed E-state index contributed by atoms with van der Waals surface area (Å²) in [4.78, 5) is 3.44. The second-order valence-electron chi connectivity index (χ2n) is 4.01. The molecule has 0 aromatic carbocycles. The number of aromatic nitrogens is 2. The maximum absolute atomic E-state index is 12.3. The van der Waals surface area contributed by atoms with Crippen molar-refractivity contribution in [1.82, 2.24) is 9.36 Å². The molecule has 1 N–H and O–H groups in total. The number of rotatable bonds is 2. The van der Waals surface area contributed by atoms with E-state index in [4.69, 9.17) is 4.74 Å². The van der Waals surface area contributed by atoms with Crippen molar-refractivity contribution in [2.75, 3.05) is 18.5 Å². The summed E-state index contributed by atoms with van der Waals surface area (Å²) in [5.74, 6) is -0.827. The minimum atomic E-state index is -4.47. The molecular weight excluding hydrogens is 255 g/mol. The van der Waals surface area contributed by atoms with E-state index in [1.165, 1.54) is 0 Å². The van der Waals surface area contributed by atoms with E-state index in [2.05, 4.69) is 14.7 Å². The van der Waals surface area contributed by atoms with Crippen molar-refractivity contribution in [1.29, 1.82) is 0 Å². The van der Waals surface area contributed by atoms with Crippen LogP contribution in [0.4, 0.5) is 18.3 Å². The van der Waals surface area contributed by atoms with Gasteiger partial charge in [-0.05, 0) is 12.3 Å². The minimum absolute atomic E-state index is 0.0952. The first-order valence-electron chi connectivity index (χ1n) is 5.22. The van der Waals surface area contributed by atoms with Gasteiger partial charge in [-0.2, -0.15) is 22.5 Å².